The Morgan fingerprint density at radius 2 is 1.63 bits per heavy atom. The number of nitrogens with one attached hydrogen (secondary N) is 2. The van der Waals surface area contributed by atoms with Gasteiger partial charge in [-0.2, -0.15) is 12.6 Å². The first kappa shape index (κ1) is 30.8. The van der Waals surface area contributed by atoms with Crippen molar-refractivity contribution < 1.29 is 19.1 Å². The van der Waals surface area contributed by atoms with Crippen LogP contribution in [0.3, 0.4) is 0 Å². The number of thiol groups is 1. The summed E-state index contributed by atoms with van der Waals surface area (Å²) in [6, 6.07) is 5.94. The van der Waals surface area contributed by atoms with Gasteiger partial charge in [-0.1, -0.05) is 69.4 Å². The molecule has 0 radical (unpaired) electrons. The van der Waals surface area contributed by atoms with Crippen LogP contribution in [-0.4, -0.2) is 53.3 Å². The molecule has 198 valence electrons. The van der Waals surface area contributed by atoms with Gasteiger partial charge in [-0.3, -0.25) is 9.59 Å². The predicted octanol–water partition coefficient (Wildman–Crippen LogP) is 5.18. The predicted molar refractivity (Wildman–Crippen MR) is 145 cm³/mol. The first-order valence-corrected chi connectivity index (χ1v) is 13.4. The molecule has 0 saturated carbocycles. The molecule has 0 aliphatic heterocycles. The molecule has 7 nitrogen and oxygen atoms in total. The van der Waals surface area contributed by atoms with Crippen molar-refractivity contribution in [1.29, 1.82) is 0 Å². The number of aryl methyl sites for hydroxylation is 1. The number of hydrogen-bond acceptors (Lipinski definition) is 5. The van der Waals surface area contributed by atoms with E-state index < -0.39 is 23.8 Å². The number of alkyl carbamates (subject to hydrolysis) is 1. The van der Waals surface area contributed by atoms with Gasteiger partial charge in [0.2, 0.25) is 11.8 Å². The molecule has 1 aromatic carbocycles. The molecule has 1 rings (SSSR count). The first-order valence-electron chi connectivity index (χ1n) is 12.8. The molecule has 3 amide bonds. The summed E-state index contributed by atoms with van der Waals surface area (Å²) >= 11 is 4.33. The molecule has 2 unspecified atom stereocenters. The Labute approximate surface area is 217 Å². The van der Waals surface area contributed by atoms with Crippen molar-refractivity contribution in [3.05, 3.63) is 35.4 Å². The molecule has 0 aliphatic carbocycles. The standard InChI is InChI=1S/C27H45N3O4S/c1-7-9-11-12-18-30(25(32)22(19-35)29-26(33)34-27(4,5)6)23(24(31)28-17-10-8-2)21-15-13-20(3)14-16-21/h13-16,22-23,35H,7-12,17-19H2,1-6H3,(H,28,31)(H,29,33). The molecule has 0 aliphatic rings. The minimum Gasteiger partial charge on any atom is -0.444 e. The average molecular weight is 508 g/mol. The van der Waals surface area contributed by atoms with Crippen LogP contribution in [0.15, 0.2) is 24.3 Å². The molecule has 0 bridgehead atoms. The maximum Gasteiger partial charge on any atom is 0.408 e. The van der Waals surface area contributed by atoms with Gasteiger partial charge in [0.1, 0.15) is 17.7 Å². The zero-order valence-corrected chi connectivity index (χ0v) is 23.2. The summed E-state index contributed by atoms with van der Waals surface area (Å²) in [5.74, 6) is -0.485. The highest BCUT2D eigenvalue weighted by Crippen LogP contribution is 2.24. The number of benzene rings is 1. The molecule has 0 aromatic heterocycles. The molecule has 2 N–H and O–H groups in total. The van der Waals surface area contributed by atoms with Crippen LogP contribution in [-0.2, 0) is 14.3 Å². The zero-order valence-electron chi connectivity index (χ0n) is 22.4. The topological polar surface area (TPSA) is 87.7 Å². The lowest BCUT2D eigenvalue weighted by molar-refractivity contribution is -0.142. The second-order valence-corrected chi connectivity index (χ2v) is 10.3. The lowest BCUT2D eigenvalue weighted by Gasteiger charge is -2.34. The third kappa shape index (κ3) is 11.4. The molecule has 2 atom stereocenters. The average Bonchev–Trinajstić information content (AvgIpc) is 2.79. The van der Waals surface area contributed by atoms with E-state index in [9.17, 15) is 14.4 Å². The van der Waals surface area contributed by atoms with Crippen LogP contribution in [0.4, 0.5) is 4.79 Å². The summed E-state index contributed by atoms with van der Waals surface area (Å²) in [6.45, 7) is 12.4. The van der Waals surface area contributed by atoms with Gasteiger partial charge in [-0.25, -0.2) is 4.79 Å². The van der Waals surface area contributed by atoms with E-state index in [4.69, 9.17) is 4.74 Å². The van der Waals surface area contributed by atoms with E-state index >= 15 is 0 Å². The van der Waals surface area contributed by atoms with Gasteiger partial charge >= 0.3 is 6.09 Å². The van der Waals surface area contributed by atoms with Crippen LogP contribution in [0.25, 0.3) is 0 Å². The second kappa shape index (κ2) is 15.7. The minimum atomic E-state index is -0.921. The van der Waals surface area contributed by atoms with E-state index in [1.165, 1.54) is 0 Å². The van der Waals surface area contributed by atoms with Gasteiger partial charge < -0.3 is 20.3 Å². The Kier molecular flexibility index (Phi) is 13.8. The fraction of sp³-hybridized carbons (Fsp3) is 0.667. The molecular formula is C27H45N3O4S. The van der Waals surface area contributed by atoms with E-state index in [2.05, 4.69) is 37.1 Å². The van der Waals surface area contributed by atoms with Crippen molar-refractivity contribution >= 4 is 30.5 Å². The molecule has 1 aromatic rings. The van der Waals surface area contributed by atoms with Gasteiger partial charge in [0.05, 0.1) is 0 Å². The summed E-state index contributed by atoms with van der Waals surface area (Å²) in [7, 11) is 0. The van der Waals surface area contributed by atoms with Crippen LogP contribution in [0, 0.1) is 6.92 Å². The number of unbranched alkanes of at least 4 members (excludes halogenated alkanes) is 4. The maximum absolute atomic E-state index is 13.8. The van der Waals surface area contributed by atoms with Crippen molar-refractivity contribution in [2.75, 3.05) is 18.8 Å². The minimum absolute atomic E-state index is 0.0849. The zero-order chi connectivity index (χ0) is 26.4. The Morgan fingerprint density at radius 3 is 2.17 bits per heavy atom. The van der Waals surface area contributed by atoms with Gasteiger partial charge in [0, 0.05) is 18.8 Å². The van der Waals surface area contributed by atoms with Crippen molar-refractivity contribution in [1.82, 2.24) is 15.5 Å². The number of carbonyl (C=O) groups excluding carboxylic acids is 3. The summed E-state index contributed by atoms with van der Waals surface area (Å²) in [6.07, 6.45) is 4.94. The van der Waals surface area contributed by atoms with Crippen molar-refractivity contribution in [2.45, 2.75) is 97.8 Å². The highest BCUT2D eigenvalue weighted by Gasteiger charge is 2.35. The summed E-state index contributed by atoms with van der Waals surface area (Å²) < 4.78 is 5.35. The summed E-state index contributed by atoms with van der Waals surface area (Å²) in [5.41, 5.74) is 1.11. The number of carbonyl (C=O) groups is 3. The van der Waals surface area contributed by atoms with Crippen LogP contribution >= 0.6 is 12.6 Å². The molecule has 0 saturated heterocycles. The SMILES string of the molecule is CCCCCCN(C(=O)C(CS)NC(=O)OC(C)(C)C)C(C(=O)NCCCC)c1ccc(C)cc1. The summed E-state index contributed by atoms with van der Waals surface area (Å²) in [4.78, 5) is 41.2. The fourth-order valence-corrected chi connectivity index (χ4v) is 3.87. The number of nitrogens with zero attached hydrogens (tertiary/aromatic N) is 1. The Balaban J connectivity index is 3.30. The lowest BCUT2D eigenvalue weighted by atomic mass is 10.0. The maximum atomic E-state index is 13.8. The highest BCUT2D eigenvalue weighted by atomic mass is 32.1. The Bertz CT molecular complexity index is 793. The van der Waals surface area contributed by atoms with Crippen molar-refractivity contribution in [3.63, 3.8) is 0 Å². The molecular weight excluding hydrogens is 462 g/mol. The Hall–Kier alpha value is -2.22. The number of hydrogen-bond donors (Lipinski definition) is 3. The van der Waals surface area contributed by atoms with E-state index in [0.717, 1.165) is 49.7 Å². The molecule has 0 heterocycles. The van der Waals surface area contributed by atoms with E-state index in [0.29, 0.717) is 13.1 Å². The number of rotatable bonds is 14. The monoisotopic (exact) mass is 507 g/mol. The van der Waals surface area contributed by atoms with Crippen LogP contribution < -0.4 is 10.6 Å². The third-order valence-electron chi connectivity index (χ3n) is 5.49. The number of amides is 3. The third-order valence-corrected chi connectivity index (χ3v) is 5.86. The van der Waals surface area contributed by atoms with Crippen molar-refractivity contribution in [3.8, 4) is 0 Å². The van der Waals surface area contributed by atoms with Gasteiger partial charge in [0.15, 0.2) is 0 Å². The molecule has 0 spiro atoms. The smallest absolute Gasteiger partial charge is 0.408 e. The lowest BCUT2D eigenvalue weighted by Crippen LogP contribution is -2.54. The van der Waals surface area contributed by atoms with Crippen LogP contribution in [0.2, 0.25) is 0 Å². The van der Waals surface area contributed by atoms with Gasteiger partial charge in [-0.15, -0.1) is 0 Å². The summed E-state index contributed by atoms with van der Waals surface area (Å²) in [5, 5.41) is 5.65. The fourth-order valence-electron chi connectivity index (χ4n) is 3.62. The largest absolute Gasteiger partial charge is 0.444 e. The van der Waals surface area contributed by atoms with Crippen LogP contribution in [0.5, 0.6) is 0 Å². The quantitative estimate of drug-likeness (QED) is 0.239. The highest BCUT2D eigenvalue weighted by molar-refractivity contribution is 7.80. The molecule has 8 heteroatoms. The van der Waals surface area contributed by atoms with E-state index in [-0.39, 0.29) is 17.6 Å². The molecule has 35 heavy (non-hydrogen) atoms. The van der Waals surface area contributed by atoms with E-state index in [1.54, 1.807) is 25.7 Å². The van der Waals surface area contributed by atoms with Crippen molar-refractivity contribution in [2.24, 2.45) is 0 Å². The normalized spacial score (nSPS) is 13.0. The number of ether oxygens (including phenoxy) is 1. The second-order valence-electron chi connectivity index (χ2n) is 9.93. The Morgan fingerprint density at radius 1 is 1.00 bits per heavy atom. The van der Waals surface area contributed by atoms with Gasteiger partial charge in [0.25, 0.3) is 0 Å². The first-order chi connectivity index (χ1) is 16.5. The van der Waals surface area contributed by atoms with E-state index in [1.807, 2.05) is 31.2 Å². The van der Waals surface area contributed by atoms with Crippen LogP contribution in [0.1, 0.15) is 90.3 Å². The molecule has 0 fully saturated rings. The van der Waals surface area contributed by atoms with Gasteiger partial charge in [-0.05, 0) is 46.1 Å².